The maximum Gasteiger partial charge on any atom is 0.312 e. The predicted molar refractivity (Wildman–Crippen MR) is 88.2 cm³/mol. The standard InChI is InChI=1S/C20H26O5/c1-10-6-19-7-11(10)4-5-13(19)20-9-12(21)8-18(2,17(23)25-20)15(20)14(19)16(22)24-3/h11-15,21H,1,4-9H2,2-3H3. The van der Waals surface area contributed by atoms with Gasteiger partial charge in [-0.1, -0.05) is 12.2 Å². The molecule has 4 bridgehead atoms. The lowest BCUT2D eigenvalue weighted by atomic mass is 9.59. The van der Waals surface area contributed by atoms with Gasteiger partial charge in [-0.05, 0) is 50.4 Å². The van der Waals surface area contributed by atoms with Gasteiger partial charge in [-0.3, -0.25) is 9.59 Å². The number of carbonyl (C=O) groups excluding carboxylic acids is 2. The SMILES string of the molecule is C=C1CC23CC1CCC2C12CC(O)CC(C)(C(=O)O1)C2C3C(=O)OC. The first-order valence-corrected chi connectivity index (χ1v) is 9.45. The third kappa shape index (κ3) is 1.56. The molecule has 0 aromatic rings. The van der Waals surface area contributed by atoms with Gasteiger partial charge in [0.05, 0.1) is 24.5 Å². The second-order valence-corrected chi connectivity index (χ2v) is 9.40. The second kappa shape index (κ2) is 4.48. The Bertz CT molecular complexity index is 700. The van der Waals surface area contributed by atoms with Crippen LogP contribution in [0.5, 0.6) is 0 Å². The van der Waals surface area contributed by atoms with Crippen molar-refractivity contribution < 1.29 is 24.2 Å². The summed E-state index contributed by atoms with van der Waals surface area (Å²) >= 11 is 0. The van der Waals surface area contributed by atoms with Gasteiger partial charge in [0.2, 0.25) is 0 Å². The molecule has 1 heterocycles. The second-order valence-electron chi connectivity index (χ2n) is 9.40. The molecular formula is C20H26O5. The quantitative estimate of drug-likeness (QED) is 0.582. The van der Waals surface area contributed by atoms with Gasteiger partial charge >= 0.3 is 11.9 Å². The van der Waals surface area contributed by atoms with Crippen LogP contribution in [0.4, 0.5) is 0 Å². The molecule has 1 spiro atoms. The molecule has 5 nitrogen and oxygen atoms in total. The summed E-state index contributed by atoms with van der Waals surface area (Å²) in [5.74, 6) is -0.409. The molecule has 5 fully saturated rings. The summed E-state index contributed by atoms with van der Waals surface area (Å²) in [4.78, 5) is 25.8. The van der Waals surface area contributed by atoms with Crippen molar-refractivity contribution in [3.05, 3.63) is 12.2 Å². The number of allylic oxidation sites excluding steroid dienone is 1. The van der Waals surface area contributed by atoms with E-state index in [4.69, 9.17) is 9.47 Å². The molecule has 4 saturated carbocycles. The van der Waals surface area contributed by atoms with Gasteiger partial charge in [0, 0.05) is 18.3 Å². The number of aliphatic hydroxyl groups is 1. The fourth-order valence-electron chi connectivity index (χ4n) is 7.89. The van der Waals surface area contributed by atoms with Gasteiger partial charge in [0.25, 0.3) is 0 Å². The Hall–Kier alpha value is -1.36. The summed E-state index contributed by atoms with van der Waals surface area (Å²) in [5.41, 5.74) is -0.497. The molecule has 0 radical (unpaired) electrons. The zero-order chi connectivity index (χ0) is 17.8. The van der Waals surface area contributed by atoms with E-state index < -0.39 is 17.1 Å². The minimum atomic E-state index is -0.804. The summed E-state index contributed by atoms with van der Waals surface area (Å²) in [6.45, 7) is 6.17. The Morgan fingerprint density at radius 2 is 2.08 bits per heavy atom. The smallest absolute Gasteiger partial charge is 0.312 e. The number of ether oxygens (including phenoxy) is 2. The van der Waals surface area contributed by atoms with E-state index in [0.29, 0.717) is 18.8 Å². The lowest BCUT2D eigenvalue weighted by molar-refractivity contribution is -0.161. The van der Waals surface area contributed by atoms with Crippen LogP contribution in [0.15, 0.2) is 12.2 Å². The molecule has 1 aliphatic heterocycles. The normalized spacial score (nSPS) is 55.6. The van der Waals surface area contributed by atoms with Gasteiger partial charge < -0.3 is 14.6 Å². The van der Waals surface area contributed by atoms with Crippen molar-refractivity contribution in [2.45, 2.75) is 57.2 Å². The van der Waals surface area contributed by atoms with Gasteiger partial charge in [-0.15, -0.1) is 0 Å². The van der Waals surface area contributed by atoms with Gasteiger partial charge in [-0.2, -0.15) is 0 Å². The van der Waals surface area contributed by atoms with E-state index in [9.17, 15) is 14.7 Å². The fraction of sp³-hybridized carbons (Fsp3) is 0.800. The molecule has 5 heteroatoms. The maximum absolute atomic E-state index is 13.0. The number of methoxy groups -OCH3 is 1. The van der Waals surface area contributed by atoms with Crippen LogP contribution in [0.25, 0.3) is 0 Å². The molecule has 5 aliphatic rings. The molecule has 0 aromatic carbocycles. The van der Waals surface area contributed by atoms with Crippen LogP contribution >= 0.6 is 0 Å². The van der Waals surface area contributed by atoms with Gasteiger partial charge in [-0.25, -0.2) is 0 Å². The number of carbonyl (C=O) groups is 2. The number of rotatable bonds is 1. The molecule has 8 atom stereocenters. The molecule has 1 saturated heterocycles. The Morgan fingerprint density at radius 3 is 2.80 bits per heavy atom. The highest BCUT2D eigenvalue weighted by molar-refractivity contribution is 5.85. The summed E-state index contributed by atoms with van der Waals surface area (Å²) in [5, 5.41) is 10.5. The molecule has 25 heavy (non-hydrogen) atoms. The minimum absolute atomic E-state index is 0.116. The number of aliphatic hydroxyl groups excluding tert-OH is 1. The highest BCUT2D eigenvalue weighted by Gasteiger charge is 2.82. The molecule has 0 aromatic heterocycles. The lowest BCUT2D eigenvalue weighted by Gasteiger charge is -2.44. The van der Waals surface area contributed by atoms with Gasteiger partial charge in [0.1, 0.15) is 5.60 Å². The Balaban J connectivity index is 1.74. The van der Waals surface area contributed by atoms with Crippen LogP contribution in [0.3, 0.4) is 0 Å². The average Bonchev–Trinajstić information content (AvgIpc) is 2.99. The van der Waals surface area contributed by atoms with E-state index >= 15 is 0 Å². The summed E-state index contributed by atoms with van der Waals surface area (Å²) < 4.78 is 11.4. The van der Waals surface area contributed by atoms with Crippen molar-refractivity contribution in [2.24, 2.45) is 34.5 Å². The number of hydrogen-bond donors (Lipinski definition) is 1. The van der Waals surface area contributed by atoms with Crippen LogP contribution in [0, 0.1) is 34.5 Å². The van der Waals surface area contributed by atoms with Crippen molar-refractivity contribution in [3.63, 3.8) is 0 Å². The van der Waals surface area contributed by atoms with Crippen molar-refractivity contribution in [1.29, 1.82) is 0 Å². The monoisotopic (exact) mass is 346 g/mol. The van der Waals surface area contributed by atoms with Crippen molar-refractivity contribution in [1.82, 2.24) is 0 Å². The number of fused-ring (bicyclic) bond motifs is 1. The van der Waals surface area contributed by atoms with Crippen LogP contribution in [-0.2, 0) is 19.1 Å². The first kappa shape index (κ1) is 15.9. The van der Waals surface area contributed by atoms with E-state index in [0.717, 1.165) is 25.7 Å². The first-order chi connectivity index (χ1) is 11.8. The van der Waals surface area contributed by atoms with Crippen LogP contribution in [0.2, 0.25) is 0 Å². The fourth-order valence-corrected chi connectivity index (χ4v) is 7.89. The molecular weight excluding hydrogens is 320 g/mol. The minimum Gasteiger partial charge on any atom is -0.469 e. The third-order valence-corrected chi connectivity index (χ3v) is 8.43. The van der Waals surface area contributed by atoms with E-state index in [1.54, 1.807) is 0 Å². The van der Waals surface area contributed by atoms with E-state index in [1.807, 2.05) is 6.92 Å². The summed E-state index contributed by atoms with van der Waals surface area (Å²) in [7, 11) is 1.44. The average molecular weight is 346 g/mol. The molecule has 136 valence electrons. The summed E-state index contributed by atoms with van der Waals surface area (Å²) in [6, 6.07) is 0. The van der Waals surface area contributed by atoms with Crippen molar-refractivity contribution in [2.75, 3.05) is 7.11 Å². The summed E-state index contributed by atoms with van der Waals surface area (Å²) in [6.07, 6.45) is 4.02. The van der Waals surface area contributed by atoms with Crippen LogP contribution in [-0.4, -0.2) is 35.9 Å². The molecule has 4 aliphatic carbocycles. The van der Waals surface area contributed by atoms with Crippen LogP contribution < -0.4 is 0 Å². The van der Waals surface area contributed by atoms with Gasteiger partial charge in [0.15, 0.2) is 0 Å². The van der Waals surface area contributed by atoms with Crippen LogP contribution in [0.1, 0.15) is 45.4 Å². The lowest BCUT2D eigenvalue weighted by Crippen LogP contribution is -2.51. The predicted octanol–water partition coefficient (Wildman–Crippen LogP) is 2.22. The van der Waals surface area contributed by atoms with E-state index in [1.165, 1.54) is 12.7 Å². The van der Waals surface area contributed by atoms with Crippen molar-refractivity contribution >= 4 is 11.9 Å². The Morgan fingerprint density at radius 1 is 1.32 bits per heavy atom. The molecule has 1 N–H and O–H groups in total. The zero-order valence-electron chi connectivity index (χ0n) is 14.9. The third-order valence-electron chi connectivity index (χ3n) is 8.43. The highest BCUT2D eigenvalue weighted by atomic mass is 16.6. The molecule has 8 unspecified atom stereocenters. The topological polar surface area (TPSA) is 72.8 Å². The number of hydrogen-bond acceptors (Lipinski definition) is 5. The number of esters is 2. The highest BCUT2D eigenvalue weighted by Crippen LogP contribution is 2.77. The van der Waals surface area contributed by atoms with E-state index in [2.05, 4.69) is 6.58 Å². The molecule has 5 rings (SSSR count). The largest absolute Gasteiger partial charge is 0.469 e. The Labute approximate surface area is 147 Å². The van der Waals surface area contributed by atoms with E-state index in [-0.39, 0.29) is 35.1 Å². The first-order valence-electron chi connectivity index (χ1n) is 9.45. The Kier molecular flexibility index (Phi) is 2.84. The molecule has 0 amide bonds. The van der Waals surface area contributed by atoms with Crippen molar-refractivity contribution in [3.8, 4) is 0 Å². The maximum atomic E-state index is 13.0. The zero-order valence-corrected chi connectivity index (χ0v) is 14.9.